The highest BCUT2D eigenvalue weighted by molar-refractivity contribution is 5.82. The molecule has 2 saturated carbocycles. The molecule has 6 heteroatoms. The number of carbonyl (C=O) groups excluding carboxylic acids is 1. The third-order valence-electron chi connectivity index (χ3n) is 5.59. The van der Waals surface area contributed by atoms with Gasteiger partial charge in [0.25, 0.3) is 0 Å². The van der Waals surface area contributed by atoms with Crippen molar-refractivity contribution in [1.29, 1.82) is 0 Å². The summed E-state index contributed by atoms with van der Waals surface area (Å²) in [4.78, 5) is 12.3. The second-order valence-electron chi connectivity index (χ2n) is 6.98. The molecule has 0 aromatic heterocycles. The molecule has 1 spiro atoms. The monoisotopic (exact) mass is 304 g/mol. The number of hydrogen-bond acceptors (Lipinski definition) is 2. The van der Waals surface area contributed by atoms with E-state index < -0.39 is 12.1 Å². The Hall–Kier alpha value is -0.780. The number of carbonyl (C=O) groups is 1. The van der Waals surface area contributed by atoms with Gasteiger partial charge >= 0.3 is 6.18 Å². The van der Waals surface area contributed by atoms with Crippen LogP contribution in [0.25, 0.3) is 0 Å². The zero-order chi connectivity index (χ0) is 15.1. The Kier molecular flexibility index (Phi) is 3.93. The van der Waals surface area contributed by atoms with Crippen molar-refractivity contribution >= 4 is 5.91 Å². The molecule has 1 amide bonds. The molecular weight excluding hydrogens is 281 g/mol. The van der Waals surface area contributed by atoms with E-state index in [-0.39, 0.29) is 36.1 Å². The van der Waals surface area contributed by atoms with Crippen molar-refractivity contribution in [2.24, 2.45) is 17.3 Å². The van der Waals surface area contributed by atoms with Gasteiger partial charge in [0.15, 0.2) is 0 Å². The van der Waals surface area contributed by atoms with E-state index in [2.05, 4.69) is 10.6 Å². The number of alkyl halides is 3. The zero-order valence-electron chi connectivity index (χ0n) is 12.1. The first kappa shape index (κ1) is 15.1. The standard InChI is InChI=1S/C15H23F3N2O/c16-15(17,18)10-2-1-3-11(8-10)20-13(21)12-9-14(12)4-6-19-7-5-14/h10-12,19H,1-9H2,(H,20,21). The van der Waals surface area contributed by atoms with Crippen LogP contribution in [0.1, 0.15) is 44.9 Å². The first-order chi connectivity index (χ1) is 9.91. The second kappa shape index (κ2) is 5.45. The lowest BCUT2D eigenvalue weighted by Crippen LogP contribution is -2.43. The van der Waals surface area contributed by atoms with Gasteiger partial charge in [-0.05, 0) is 57.0 Å². The lowest BCUT2D eigenvalue weighted by atomic mass is 9.85. The van der Waals surface area contributed by atoms with Crippen molar-refractivity contribution < 1.29 is 18.0 Å². The van der Waals surface area contributed by atoms with Crippen LogP contribution in [-0.4, -0.2) is 31.2 Å². The van der Waals surface area contributed by atoms with Crippen LogP contribution in [0.2, 0.25) is 0 Å². The van der Waals surface area contributed by atoms with E-state index >= 15 is 0 Å². The first-order valence-corrected chi connectivity index (χ1v) is 7.98. The van der Waals surface area contributed by atoms with Crippen molar-refractivity contribution in [3.05, 3.63) is 0 Å². The van der Waals surface area contributed by atoms with Gasteiger partial charge < -0.3 is 10.6 Å². The summed E-state index contributed by atoms with van der Waals surface area (Å²) in [6.45, 7) is 1.90. The number of nitrogens with one attached hydrogen (secondary N) is 2. The van der Waals surface area contributed by atoms with E-state index in [1.54, 1.807) is 0 Å². The lowest BCUT2D eigenvalue weighted by molar-refractivity contribution is -0.184. The third kappa shape index (κ3) is 3.20. The number of amides is 1. The van der Waals surface area contributed by atoms with Crippen LogP contribution in [-0.2, 0) is 4.79 Å². The topological polar surface area (TPSA) is 41.1 Å². The Labute approximate surface area is 123 Å². The molecule has 0 aromatic carbocycles. The molecule has 3 nitrogen and oxygen atoms in total. The van der Waals surface area contributed by atoms with E-state index in [0.717, 1.165) is 32.4 Å². The summed E-state index contributed by atoms with van der Waals surface area (Å²) in [5, 5.41) is 6.18. The van der Waals surface area contributed by atoms with Gasteiger partial charge in [-0.2, -0.15) is 13.2 Å². The minimum Gasteiger partial charge on any atom is -0.353 e. The Balaban J connectivity index is 1.51. The highest BCUT2D eigenvalue weighted by Gasteiger charge is 2.57. The van der Waals surface area contributed by atoms with E-state index in [1.165, 1.54) is 0 Å². The summed E-state index contributed by atoms with van der Waals surface area (Å²) in [7, 11) is 0. The Morgan fingerprint density at radius 2 is 1.90 bits per heavy atom. The summed E-state index contributed by atoms with van der Waals surface area (Å²) in [6, 6.07) is -0.294. The van der Waals surface area contributed by atoms with E-state index in [4.69, 9.17) is 0 Å². The largest absolute Gasteiger partial charge is 0.391 e. The summed E-state index contributed by atoms with van der Waals surface area (Å²) >= 11 is 0. The highest BCUT2D eigenvalue weighted by atomic mass is 19.4. The molecule has 2 aliphatic carbocycles. The fourth-order valence-corrected chi connectivity index (χ4v) is 4.12. The zero-order valence-corrected chi connectivity index (χ0v) is 12.1. The Morgan fingerprint density at radius 1 is 1.19 bits per heavy atom. The first-order valence-electron chi connectivity index (χ1n) is 7.98. The number of rotatable bonds is 2. The van der Waals surface area contributed by atoms with Gasteiger partial charge in [-0.25, -0.2) is 0 Å². The molecule has 3 rings (SSSR count). The van der Waals surface area contributed by atoms with E-state index in [1.807, 2.05) is 0 Å². The number of hydrogen-bond donors (Lipinski definition) is 2. The minimum absolute atomic E-state index is 0.00951. The fourth-order valence-electron chi connectivity index (χ4n) is 4.12. The average Bonchev–Trinajstić information content (AvgIpc) is 3.12. The molecule has 3 fully saturated rings. The van der Waals surface area contributed by atoms with Crippen LogP contribution in [0.4, 0.5) is 13.2 Å². The van der Waals surface area contributed by atoms with Crippen LogP contribution < -0.4 is 10.6 Å². The summed E-state index contributed by atoms with van der Waals surface area (Å²) in [5.41, 5.74) is 0.146. The van der Waals surface area contributed by atoms with Crippen LogP contribution in [0, 0.1) is 17.3 Å². The summed E-state index contributed by atoms with van der Waals surface area (Å²) in [6.07, 6.45) is 0.302. The summed E-state index contributed by atoms with van der Waals surface area (Å²) < 4.78 is 38.4. The van der Waals surface area contributed by atoms with Crippen molar-refractivity contribution in [3.8, 4) is 0 Å². The molecule has 120 valence electrons. The van der Waals surface area contributed by atoms with Crippen molar-refractivity contribution in [3.63, 3.8) is 0 Å². The molecule has 3 unspecified atom stereocenters. The molecule has 1 aliphatic heterocycles. The minimum atomic E-state index is -4.13. The van der Waals surface area contributed by atoms with Gasteiger partial charge in [0.2, 0.25) is 5.91 Å². The van der Waals surface area contributed by atoms with Crippen LogP contribution in [0.3, 0.4) is 0 Å². The van der Waals surface area contributed by atoms with E-state index in [9.17, 15) is 18.0 Å². The SMILES string of the molecule is O=C(NC1CCCC(C(F)(F)F)C1)C1CC12CCNCC2. The molecule has 0 radical (unpaired) electrons. The molecule has 1 saturated heterocycles. The molecule has 2 N–H and O–H groups in total. The van der Waals surface area contributed by atoms with Gasteiger partial charge in [-0.1, -0.05) is 6.42 Å². The number of halogens is 3. The quantitative estimate of drug-likeness (QED) is 0.823. The van der Waals surface area contributed by atoms with Crippen molar-refractivity contribution in [2.45, 2.75) is 57.2 Å². The van der Waals surface area contributed by atoms with Gasteiger partial charge in [-0.15, -0.1) is 0 Å². The summed E-state index contributed by atoms with van der Waals surface area (Å²) in [5.74, 6) is -1.22. The van der Waals surface area contributed by atoms with Crippen molar-refractivity contribution in [2.75, 3.05) is 13.1 Å². The van der Waals surface area contributed by atoms with Crippen LogP contribution >= 0.6 is 0 Å². The fraction of sp³-hybridized carbons (Fsp3) is 0.933. The third-order valence-corrected chi connectivity index (χ3v) is 5.59. The molecule has 3 atom stereocenters. The molecule has 1 heterocycles. The van der Waals surface area contributed by atoms with Crippen molar-refractivity contribution in [1.82, 2.24) is 10.6 Å². The Morgan fingerprint density at radius 3 is 2.57 bits per heavy atom. The van der Waals surface area contributed by atoms with Crippen LogP contribution in [0.5, 0.6) is 0 Å². The molecule has 0 aromatic rings. The molecular formula is C15H23F3N2O. The predicted molar refractivity (Wildman–Crippen MR) is 72.6 cm³/mol. The lowest BCUT2D eigenvalue weighted by Gasteiger charge is -2.31. The molecule has 21 heavy (non-hydrogen) atoms. The van der Waals surface area contributed by atoms with E-state index in [0.29, 0.717) is 12.8 Å². The maximum atomic E-state index is 12.8. The van der Waals surface area contributed by atoms with Gasteiger partial charge in [-0.3, -0.25) is 4.79 Å². The molecule has 0 bridgehead atoms. The van der Waals surface area contributed by atoms with Gasteiger partial charge in [0, 0.05) is 12.0 Å². The number of piperidine rings is 1. The Bertz CT molecular complexity index is 404. The predicted octanol–water partition coefficient (Wildman–Crippen LogP) is 2.61. The normalized spacial score (nSPS) is 35.5. The maximum Gasteiger partial charge on any atom is 0.391 e. The highest BCUT2D eigenvalue weighted by Crippen LogP contribution is 2.58. The smallest absolute Gasteiger partial charge is 0.353 e. The maximum absolute atomic E-state index is 12.8. The van der Waals surface area contributed by atoms with Gasteiger partial charge in [0.05, 0.1) is 5.92 Å². The second-order valence-corrected chi connectivity index (χ2v) is 6.98. The average molecular weight is 304 g/mol. The van der Waals surface area contributed by atoms with Crippen LogP contribution in [0.15, 0.2) is 0 Å². The molecule has 3 aliphatic rings. The van der Waals surface area contributed by atoms with Gasteiger partial charge in [0.1, 0.15) is 0 Å².